The van der Waals surface area contributed by atoms with Crippen LogP contribution in [0.25, 0.3) is 0 Å². The topological polar surface area (TPSA) is 63.6 Å². The first-order valence-electron chi connectivity index (χ1n) is 6.40. The maximum Gasteiger partial charge on any atom is 0.338 e. The second-order valence-electron chi connectivity index (χ2n) is 5.75. The van der Waals surface area contributed by atoms with Crippen molar-refractivity contribution in [3.63, 3.8) is 0 Å². The minimum atomic E-state index is -1.51. The molecule has 4 heteroatoms. The van der Waals surface area contributed by atoms with Crippen molar-refractivity contribution in [2.24, 2.45) is 5.92 Å². The lowest BCUT2D eigenvalue weighted by Gasteiger charge is -2.20. The lowest BCUT2D eigenvalue weighted by atomic mass is 9.85. The van der Waals surface area contributed by atoms with Crippen LogP contribution in [0.5, 0.6) is 0 Å². The highest BCUT2D eigenvalue weighted by Gasteiger charge is 2.53. The first kappa shape index (κ1) is 12.4. The third kappa shape index (κ3) is 1.56. The van der Waals surface area contributed by atoms with Crippen LogP contribution in [0, 0.1) is 5.92 Å². The molecule has 0 aromatic heterocycles. The smallest absolute Gasteiger partial charge is 0.338 e. The number of rotatable bonds is 0. The molecule has 100 valence electrons. The lowest BCUT2D eigenvalue weighted by molar-refractivity contribution is -0.153. The molecule has 0 amide bonds. The predicted molar refractivity (Wildman–Crippen MR) is 68.2 cm³/mol. The molecule has 3 rings (SSSR count). The molecule has 0 spiro atoms. The number of carbonyl (C=O) groups excluding carboxylic acids is 2. The van der Waals surface area contributed by atoms with Crippen molar-refractivity contribution < 1.29 is 19.4 Å². The number of carbonyl (C=O) groups is 2. The number of fused-ring (bicyclic) bond motifs is 2. The molecule has 4 nitrogen and oxygen atoms in total. The number of hydrogen-bond donors (Lipinski definition) is 1. The second kappa shape index (κ2) is 3.67. The van der Waals surface area contributed by atoms with Crippen LogP contribution in [0.2, 0.25) is 0 Å². The molecule has 0 radical (unpaired) electrons. The Balaban J connectivity index is 2.15. The molecule has 0 aromatic carbocycles. The van der Waals surface area contributed by atoms with Gasteiger partial charge < -0.3 is 9.84 Å². The highest BCUT2D eigenvalue weighted by atomic mass is 16.6. The Bertz CT molecular complexity index is 589. The Kier molecular flexibility index (Phi) is 2.39. The quantitative estimate of drug-likeness (QED) is 0.670. The summed E-state index contributed by atoms with van der Waals surface area (Å²) in [6.07, 6.45) is 3.55. The van der Waals surface area contributed by atoms with E-state index in [4.69, 9.17) is 4.74 Å². The minimum absolute atomic E-state index is 0.00666. The van der Waals surface area contributed by atoms with Crippen molar-refractivity contribution in [3.8, 4) is 0 Å². The Morgan fingerprint density at radius 2 is 2.05 bits per heavy atom. The Morgan fingerprint density at radius 1 is 1.37 bits per heavy atom. The zero-order valence-electron chi connectivity index (χ0n) is 11.2. The summed E-state index contributed by atoms with van der Waals surface area (Å²) in [6, 6.07) is 0. The minimum Gasteiger partial charge on any atom is -0.459 e. The summed E-state index contributed by atoms with van der Waals surface area (Å²) in [5.41, 5.74) is 1.84. The van der Waals surface area contributed by atoms with Gasteiger partial charge in [0.25, 0.3) is 0 Å². The highest BCUT2D eigenvalue weighted by Crippen LogP contribution is 2.43. The first-order valence-corrected chi connectivity index (χ1v) is 6.40. The van der Waals surface area contributed by atoms with Gasteiger partial charge in [0.1, 0.15) is 6.10 Å². The number of aliphatic hydroxyl groups is 1. The van der Waals surface area contributed by atoms with Crippen molar-refractivity contribution in [2.45, 2.75) is 38.9 Å². The Hall–Kier alpha value is -1.68. The Labute approximate surface area is 111 Å². The van der Waals surface area contributed by atoms with Gasteiger partial charge in [0, 0.05) is 12.0 Å². The van der Waals surface area contributed by atoms with E-state index >= 15 is 0 Å². The van der Waals surface area contributed by atoms with E-state index in [-0.39, 0.29) is 11.9 Å². The summed E-state index contributed by atoms with van der Waals surface area (Å²) in [4.78, 5) is 23.7. The van der Waals surface area contributed by atoms with Gasteiger partial charge in [-0.3, -0.25) is 4.79 Å². The standard InChI is InChI=1S/C15H16O4/c1-7-4-11(16)13-8(2)5-12-10(6-9(7)13)15(3,18)14(17)19-12/h4,6,10,12,18H,5H2,1-3H3/t10-,12-,15-/m0/s1. The van der Waals surface area contributed by atoms with E-state index < -0.39 is 17.5 Å². The van der Waals surface area contributed by atoms with Crippen molar-refractivity contribution >= 4 is 11.8 Å². The molecule has 1 N–H and O–H groups in total. The molecule has 0 bridgehead atoms. The first-order chi connectivity index (χ1) is 8.82. The summed E-state index contributed by atoms with van der Waals surface area (Å²) < 4.78 is 5.27. The average molecular weight is 260 g/mol. The molecular formula is C15H16O4. The van der Waals surface area contributed by atoms with Crippen LogP contribution in [0.15, 0.2) is 34.4 Å². The van der Waals surface area contributed by atoms with Crippen LogP contribution < -0.4 is 0 Å². The van der Waals surface area contributed by atoms with E-state index in [0.29, 0.717) is 12.0 Å². The molecule has 3 aliphatic rings. The maximum atomic E-state index is 12.0. The fourth-order valence-corrected chi connectivity index (χ4v) is 3.18. The highest BCUT2D eigenvalue weighted by molar-refractivity contribution is 6.13. The van der Waals surface area contributed by atoms with Crippen LogP contribution in [0.3, 0.4) is 0 Å². The summed E-state index contributed by atoms with van der Waals surface area (Å²) in [6.45, 7) is 5.24. The van der Waals surface area contributed by atoms with Gasteiger partial charge in [-0.15, -0.1) is 0 Å². The average Bonchev–Trinajstić information content (AvgIpc) is 2.61. The fraction of sp³-hybridized carbons (Fsp3) is 0.467. The zero-order chi connectivity index (χ0) is 13.9. The largest absolute Gasteiger partial charge is 0.459 e. The molecular weight excluding hydrogens is 244 g/mol. The van der Waals surface area contributed by atoms with E-state index in [1.807, 2.05) is 19.9 Å². The second-order valence-corrected chi connectivity index (χ2v) is 5.75. The van der Waals surface area contributed by atoms with Gasteiger partial charge in [-0.25, -0.2) is 4.79 Å². The number of hydrogen-bond acceptors (Lipinski definition) is 4. The van der Waals surface area contributed by atoms with E-state index in [2.05, 4.69) is 0 Å². The summed E-state index contributed by atoms with van der Waals surface area (Å²) >= 11 is 0. The van der Waals surface area contributed by atoms with Crippen molar-refractivity contribution in [1.29, 1.82) is 0 Å². The van der Waals surface area contributed by atoms with Crippen LogP contribution in [-0.4, -0.2) is 28.6 Å². The van der Waals surface area contributed by atoms with E-state index in [9.17, 15) is 14.7 Å². The van der Waals surface area contributed by atoms with Crippen LogP contribution in [-0.2, 0) is 14.3 Å². The third-order valence-electron chi connectivity index (χ3n) is 4.29. The maximum absolute atomic E-state index is 12.0. The van der Waals surface area contributed by atoms with Gasteiger partial charge >= 0.3 is 5.97 Å². The van der Waals surface area contributed by atoms with Gasteiger partial charge in [-0.1, -0.05) is 11.6 Å². The van der Waals surface area contributed by atoms with Crippen molar-refractivity contribution in [3.05, 3.63) is 34.4 Å². The van der Waals surface area contributed by atoms with Crippen molar-refractivity contribution in [1.82, 2.24) is 0 Å². The zero-order valence-corrected chi connectivity index (χ0v) is 11.2. The molecule has 0 saturated carbocycles. The normalized spacial score (nSPS) is 37.5. The van der Waals surface area contributed by atoms with E-state index in [1.165, 1.54) is 6.92 Å². The molecule has 19 heavy (non-hydrogen) atoms. The van der Waals surface area contributed by atoms with Gasteiger partial charge in [0.15, 0.2) is 11.4 Å². The third-order valence-corrected chi connectivity index (χ3v) is 4.29. The van der Waals surface area contributed by atoms with Crippen LogP contribution >= 0.6 is 0 Å². The van der Waals surface area contributed by atoms with Gasteiger partial charge in [0.2, 0.25) is 0 Å². The fourth-order valence-electron chi connectivity index (χ4n) is 3.18. The van der Waals surface area contributed by atoms with E-state index in [1.54, 1.807) is 6.08 Å². The molecule has 1 fully saturated rings. The monoisotopic (exact) mass is 260 g/mol. The van der Waals surface area contributed by atoms with Crippen molar-refractivity contribution in [2.75, 3.05) is 0 Å². The van der Waals surface area contributed by atoms with Gasteiger partial charge in [0.05, 0.1) is 5.92 Å². The summed E-state index contributed by atoms with van der Waals surface area (Å²) in [5.74, 6) is -0.981. The summed E-state index contributed by atoms with van der Waals surface area (Å²) in [7, 11) is 0. The van der Waals surface area contributed by atoms with Crippen LogP contribution in [0.1, 0.15) is 27.2 Å². The predicted octanol–water partition coefficient (Wildman–Crippen LogP) is 1.45. The molecule has 0 aromatic rings. The molecule has 1 aliphatic heterocycles. The number of ketones is 1. The Morgan fingerprint density at radius 3 is 2.74 bits per heavy atom. The SMILES string of the molecule is CC1=CC(=O)C2=C(C)C[C@@H]3OC(=O)[C@@](C)(O)[C@H]3C=C12. The number of esters is 1. The number of allylic oxidation sites excluding steroid dienone is 4. The molecule has 3 atom stereocenters. The van der Waals surface area contributed by atoms with Gasteiger partial charge in [-0.05, 0) is 38.0 Å². The molecule has 1 saturated heterocycles. The lowest BCUT2D eigenvalue weighted by Crippen LogP contribution is -2.37. The van der Waals surface area contributed by atoms with Crippen LogP contribution in [0.4, 0.5) is 0 Å². The van der Waals surface area contributed by atoms with Gasteiger partial charge in [-0.2, -0.15) is 0 Å². The number of ether oxygens (including phenoxy) is 1. The molecule has 0 unspecified atom stereocenters. The molecule has 1 heterocycles. The molecule has 2 aliphatic carbocycles. The summed E-state index contributed by atoms with van der Waals surface area (Å²) in [5, 5.41) is 10.3. The van der Waals surface area contributed by atoms with E-state index in [0.717, 1.165) is 16.7 Å².